The lowest BCUT2D eigenvalue weighted by molar-refractivity contribution is 0.434. The quantitative estimate of drug-likeness (QED) is 0.250. The Morgan fingerprint density at radius 1 is 0.696 bits per heavy atom. The molecule has 1 aliphatic carbocycles. The molecule has 0 aromatic carbocycles. The average Bonchev–Trinajstić information content (AvgIpc) is 2.50. The van der Waals surface area contributed by atoms with Crippen molar-refractivity contribution in [1.29, 1.82) is 0 Å². The van der Waals surface area contributed by atoms with Crippen molar-refractivity contribution < 1.29 is 0 Å². The molecule has 0 aromatic rings. The molecule has 1 radical (unpaired) electrons. The Balaban J connectivity index is 2.43. The zero-order valence-electron chi connectivity index (χ0n) is 16.7. The second kappa shape index (κ2) is 13.4. The highest BCUT2D eigenvalue weighted by Crippen LogP contribution is 2.43. The van der Waals surface area contributed by atoms with Crippen LogP contribution in [0.2, 0.25) is 11.1 Å². The number of unbranched alkanes of at least 4 members (excludes halogenated alkanes) is 6. The van der Waals surface area contributed by atoms with Crippen molar-refractivity contribution in [3.63, 3.8) is 0 Å². The topological polar surface area (TPSA) is 0 Å². The summed E-state index contributed by atoms with van der Waals surface area (Å²) in [6.45, 7) is 7.24. The number of rotatable bonds is 12. The molecular formula is C22H44B. The molecule has 23 heavy (non-hydrogen) atoms. The van der Waals surface area contributed by atoms with Crippen LogP contribution in [0.5, 0.6) is 0 Å². The standard InChI is InChI=1S/C22H44B/c1-4-6-8-12-16-20-22(3,19-15-7-5-2)23-21-17-13-10-9-11-14-18-21/h21H,4-20H2,1-3H3. The van der Waals surface area contributed by atoms with Crippen molar-refractivity contribution in [2.75, 3.05) is 0 Å². The van der Waals surface area contributed by atoms with Crippen LogP contribution in [0.15, 0.2) is 0 Å². The van der Waals surface area contributed by atoms with E-state index in [2.05, 4.69) is 28.1 Å². The van der Waals surface area contributed by atoms with Gasteiger partial charge in [-0.1, -0.05) is 141 Å². The molecule has 1 unspecified atom stereocenters. The van der Waals surface area contributed by atoms with Gasteiger partial charge in [0.05, 0.1) is 0 Å². The molecule has 0 aliphatic heterocycles. The van der Waals surface area contributed by atoms with Crippen LogP contribution in [-0.2, 0) is 0 Å². The molecule has 1 aliphatic rings. The molecule has 0 heterocycles. The van der Waals surface area contributed by atoms with Gasteiger partial charge in [0.15, 0.2) is 0 Å². The van der Waals surface area contributed by atoms with Gasteiger partial charge >= 0.3 is 0 Å². The van der Waals surface area contributed by atoms with Crippen LogP contribution in [0.1, 0.15) is 130 Å². The molecule has 1 saturated carbocycles. The molecule has 0 amide bonds. The predicted molar refractivity (Wildman–Crippen MR) is 108 cm³/mol. The van der Waals surface area contributed by atoms with Crippen molar-refractivity contribution in [2.45, 2.75) is 141 Å². The largest absolute Gasteiger partial charge is 0.121 e. The van der Waals surface area contributed by atoms with Crippen molar-refractivity contribution in [3.8, 4) is 0 Å². The Bertz CT molecular complexity index is 255. The van der Waals surface area contributed by atoms with Gasteiger partial charge in [-0.2, -0.15) is 0 Å². The summed E-state index contributed by atoms with van der Waals surface area (Å²) in [5.41, 5.74) is 0. The summed E-state index contributed by atoms with van der Waals surface area (Å²) in [6, 6.07) is 0. The van der Waals surface area contributed by atoms with Gasteiger partial charge in [0, 0.05) is 0 Å². The van der Waals surface area contributed by atoms with Crippen LogP contribution in [0.4, 0.5) is 0 Å². The van der Waals surface area contributed by atoms with Gasteiger partial charge in [-0.3, -0.25) is 0 Å². The average molecular weight is 319 g/mol. The van der Waals surface area contributed by atoms with Gasteiger partial charge in [-0.25, -0.2) is 0 Å². The van der Waals surface area contributed by atoms with Gasteiger partial charge < -0.3 is 0 Å². The first kappa shape index (κ1) is 21.1. The Hall–Kier alpha value is 0.0649. The first-order chi connectivity index (χ1) is 11.2. The third-order valence-corrected chi connectivity index (χ3v) is 5.99. The van der Waals surface area contributed by atoms with Crippen LogP contribution in [0, 0.1) is 0 Å². The molecule has 0 bridgehead atoms. The molecule has 1 rings (SSSR count). The van der Waals surface area contributed by atoms with E-state index in [9.17, 15) is 0 Å². The molecule has 0 spiro atoms. The maximum Gasteiger partial charge on any atom is 0.121 e. The first-order valence-electron chi connectivity index (χ1n) is 11.1. The van der Waals surface area contributed by atoms with Gasteiger partial charge in [-0.15, -0.1) is 0 Å². The summed E-state index contributed by atoms with van der Waals surface area (Å²) in [4.78, 5) is 0. The van der Waals surface area contributed by atoms with Crippen molar-refractivity contribution in [1.82, 2.24) is 0 Å². The van der Waals surface area contributed by atoms with Crippen LogP contribution >= 0.6 is 0 Å². The van der Waals surface area contributed by atoms with E-state index in [1.54, 1.807) is 0 Å². The Kier molecular flexibility index (Phi) is 12.3. The van der Waals surface area contributed by atoms with Gasteiger partial charge in [0.25, 0.3) is 0 Å². The van der Waals surface area contributed by atoms with E-state index in [4.69, 9.17) is 0 Å². The molecule has 135 valence electrons. The van der Waals surface area contributed by atoms with E-state index in [1.165, 1.54) is 109 Å². The maximum atomic E-state index is 2.84. The fraction of sp³-hybridized carbons (Fsp3) is 1.00. The Morgan fingerprint density at radius 2 is 1.17 bits per heavy atom. The van der Waals surface area contributed by atoms with E-state index >= 15 is 0 Å². The number of hydrogen-bond acceptors (Lipinski definition) is 0. The van der Waals surface area contributed by atoms with E-state index in [1.807, 2.05) is 0 Å². The van der Waals surface area contributed by atoms with Gasteiger partial charge in [0.1, 0.15) is 7.28 Å². The molecule has 1 atom stereocenters. The van der Waals surface area contributed by atoms with Gasteiger partial charge in [-0.05, 0) is 0 Å². The first-order valence-corrected chi connectivity index (χ1v) is 11.1. The Labute approximate surface area is 148 Å². The molecule has 1 fully saturated rings. The monoisotopic (exact) mass is 319 g/mol. The SMILES string of the molecule is CCCCCCCC(C)([B]C1CCCCCCC1)CCCCC. The highest BCUT2D eigenvalue weighted by molar-refractivity contribution is 6.41. The van der Waals surface area contributed by atoms with Crippen LogP contribution < -0.4 is 0 Å². The minimum Gasteiger partial charge on any atom is -0.0682 e. The summed E-state index contributed by atoms with van der Waals surface area (Å²) in [7, 11) is 2.84. The highest BCUT2D eigenvalue weighted by atomic mass is 14.2. The second-order valence-electron chi connectivity index (χ2n) is 8.55. The number of hydrogen-bond donors (Lipinski definition) is 0. The third-order valence-electron chi connectivity index (χ3n) is 5.99. The van der Waals surface area contributed by atoms with E-state index in [-0.39, 0.29) is 0 Å². The lowest BCUT2D eigenvalue weighted by Gasteiger charge is -2.34. The van der Waals surface area contributed by atoms with Crippen LogP contribution in [0.25, 0.3) is 0 Å². The van der Waals surface area contributed by atoms with Crippen LogP contribution in [0.3, 0.4) is 0 Å². The van der Waals surface area contributed by atoms with Crippen molar-refractivity contribution in [3.05, 3.63) is 0 Å². The van der Waals surface area contributed by atoms with Crippen molar-refractivity contribution in [2.24, 2.45) is 0 Å². The molecule has 0 nitrogen and oxygen atoms in total. The smallest absolute Gasteiger partial charge is 0.0682 e. The fourth-order valence-electron chi connectivity index (χ4n) is 4.43. The minimum atomic E-state index is 0.519. The zero-order chi connectivity index (χ0) is 16.8. The Morgan fingerprint density at radius 3 is 1.78 bits per heavy atom. The summed E-state index contributed by atoms with van der Waals surface area (Å²) in [6.07, 6.45) is 24.6. The summed E-state index contributed by atoms with van der Waals surface area (Å²) in [5.74, 6) is 0.914. The summed E-state index contributed by atoms with van der Waals surface area (Å²) in [5, 5.41) is 0.519. The van der Waals surface area contributed by atoms with Crippen molar-refractivity contribution >= 4 is 7.28 Å². The summed E-state index contributed by atoms with van der Waals surface area (Å²) >= 11 is 0. The van der Waals surface area contributed by atoms with E-state index in [0.717, 1.165) is 5.82 Å². The summed E-state index contributed by atoms with van der Waals surface area (Å²) < 4.78 is 0. The normalized spacial score (nSPS) is 19.8. The maximum absolute atomic E-state index is 2.84. The molecule has 1 heteroatoms. The van der Waals surface area contributed by atoms with Gasteiger partial charge in [0.2, 0.25) is 0 Å². The minimum absolute atomic E-state index is 0.519. The molecule has 0 aromatic heterocycles. The molecule has 0 N–H and O–H groups in total. The molecular weight excluding hydrogens is 275 g/mol. The molecule has 0 saturated heterocycles. The predicted octanol–water partition coefficient (Wildman–Crippen LogP) is 8.34. The van der Waals surface area contributed by atoms with E-state index in [0.29, 0.717) is 5.31 Å². The van der Waals surface area contributed by atoms with Crippen LogP contribution in [-0.4, -0.2) is 7.28 Å². The third kappa shape index (κ3) is 10.5. The lowest BCUT2D eigenvalue weighted by Crippen LogP contribution is -2.22. The fourth-order valence-corrected chi connectivity index (χ4v) is 4.43. The zero-order valence-corrected chi connectivity index (χ0v) is 16.7. The van der Waals surface area contributed by atoms with E-state index < -0.39 is 0 Å². The highest BCUT2D eigenvalue weighted by Gasteiger charge is 2.28. The lowest BCUT2D eigenvalue weighted by atomic mass is 9.42. The second-order valence-corrected chi connectivity index (χ2v) is 8.55.